The molecule has 0 spiro atoms. The Kier molecular flexibility index (Phi) is 5.34. The van der Waals surface area contributed by atoms with Crippen LogP contribution in [0.2, 0.25) is 5.15 Å². The van der Waals surface area contributed by atoms with Gasteiger partial charge in [-0.3, -0.25) is 4.79 Å². The number of hydrogen-bond donors (Lipinski definition) is 1. The second kappa shape index (κ2) is 6.54. The highest BCUT2D eigenvalue weighted by molar-refractivity contribution is 6.30. The van der Waals surface area contributed by atoms with Gasteiger partial charge in [0.15, 0.2) is 0 Å². The van der Waals surface area contributed by atoms with Crippen LogP contribution in [0, 0.1) is 0 Å². The molecular weight excluding hydrogens is 252 g/mol. The molecule has 1 rings (SSSR count). The van der Waals surface area contributed by atoms with Crippen molar-refractivity contribution >= 4 is 23.3 Å². The van der Waals surface area contributed by atoms with Gasteiger partial charge in [0.25, 0.3) is 0 Å². The van der Waals surface area contributed by atoms with Crippen LogP contribution in [0.4, 0.5) is 5.82 Å². The number of amides is 1. The van der Waals surface area contributed by atoms with Crippen molar-refractivity contribution in [1.29, 1.82) is 0 Å². The van der Waals surface area contributed by atoms with Gasteiger partial charge in [0, 0.05) is 19.7 Å². The predicted octanol–water partition coefficient (Wildman–Crippen LogP) is 1.97. The van der Waals surface area contributed by atoms with E-state index in [1.54, 1.807) is 25.9 Å². The molecule has 5 nitrogen and oxygen atoms in total. The van der Waals surface area contributed by atoms with Gasteiger partial charge < -0.3 is 10.2 Å². The lowest BCUT2D eigenvalue weighted by Gasteiger charge is -2.20. The lowest BCUT2D eigenvalue weighted by molar-refractivity contribution is -0.129. The van der Waals surface area contributed by atoms with E-state index in [-0.39, 0.29) is 11.9 Å². The third kappa shape index (κ3) is 3.57. The zero-order chi connectivity index (χ0) is 13.7. The Morgan fingerprint density at radius 1 is 1.50 bits per heavy atom. The molecule has 1 aromatic rings. The molecule has 0 radical (unpaired) electrons. The second-order valence-corrected chi connectivity index (χ2v) is 4.70. The first-order valence-corrected chi connectivity index (χ1v) is 6.32. The van der Waals surface area contributed by atoms with Crippen molar-refractivity contribution in [3.8, 4) is 0 Å². The fourth-order valence-electron chi connectivity index (χ4n) is 1.64. The van der Waals surface area contributed by atoms with Crippen molar-refractivity contribution in [1.82, 2.24) is 14.9 Å². The number of carbonyl (C=O) groups excluding carboxylic acids is 1. The largest absolute Gasteiger partial charge is 0.358 e. The van der Waals surface area contributed by atoms with Gasteiger partial charge in [-0.2, -0.15) is 0 Å². The molecule has 0 aliphatic heterocycles. The third-order valence-electron chi connectivity index (χ3n) is 2.56. The molecule has 1 N–H and O–H groups in total. The second-order valence-electron chi connectivity index (χ2n) is 4.34. The maximum Gasteiger partial charge on any atom is 0.244 e. The number of rotatable bonds is 5. The summed E-state index contributed by atoms with van der Waals surface area (Å²) in [4.78, 5) is 21.5. The summed E-state index contributed by atoms with van der Waals surface area (Å²) in [5.74, 6) is 0.631. The monoisotopic (exact) mass is 270 g/mol. The van der Waals surface area contributed by atoms with Gasteiger partial charge in [-0.15, -0.1) is 0 Å². The van der Waals surface area contributed by atoms with Crippen LogP contribution in [0.15, 0.2) is 6.33 Å². The highest BCUT2D eigenvalue weighted by Crippen LogP contribution is 2.22. The van der Waals surface area contributed by atoms with E-state index in [1.807, 2.05) is 0 Å². The molecule has 0 aliphatic rings. The Morgan fingerprint density at radius 3 is 2.72 bits per heavy atom. The molecule has 1 atom stereocenters. The van der Waals surface area contributed by atoms with Gasteiger partial charge in [-0.25, -0.2) is 9.97 Å². The smallest absolute Gasteiger partial charge is 0.244 e. The zero-order valence-electron chi connectivity index (χ0n) is 11.2. The van der Waals surface area contributed by atoms with E-state index in [0.717, 1.165) is 18.4 Å². The van der Waals surface area contributed by atoms with Crippen LogP contribution >= 0.6 is 11.6 Å². The summed E-state index contributed by atoms with van der Waals surface area (Å²) in [7, 11) is 3.45. The average molecular weight is 271 g/mol. The Hall–Kier alpha value is -1.36. The normalized spacial score (nSPS) is 12.1. The standard InChI is InChI=1S/C12H19ClN4O/c1-5-6-9-10(13)14-7-15-11(9)16-8(2)12(18)17(3)4/h7-8H,5-6H2,1-4H3,(H,14,15,16). The molecule has 1 heterocycles. The van der Waals surface area contributed by atoms with Crippen LogP contribution in [-0.2, 0) is 11.2 Å². The van der Waals surface area contributed by atoms with E-state index in [4.69, 9.17) is 11.6 Å². The minimum Gasteiger partial charge on any atom is -0.358 e. The number of hydrogen-bond acceptors (Lipinski definition) is 4. The highest BCUT2D eigenvalue weighted by Gasteiger charge is 2.17. The number of carbonyl (C=O) groups is 1. The fourth-order valence-corrected chi connectivity index (χ4v) is 1.87. The number of nitrogens with zero attached hydrogens (tertiary/aromatic N) is 3. The molecule has 1 unspecified atom stereocenters. The van der Waals surface area contributed by atoms with Crippen LogP contribution in [0.5, 0.6) is 0 Å². The molecule has 0 fully saturated rings. The summed E-state index contributed by atoms with van der Waals surface area (Å²) >= 11 is 6.05. The Labute approximate surface area is 113 Å². The summed E-state index contributed by atoms with van der Waals surface area (Å²) in [5.41, 5.74) is 0.861. The van der Waals surface area contributed by atoms with E-state index >= 15 is 0 Å². The summed E-state index contributed by atoms with van der Waals surface area (Å²) in [6.07, 6.45) is 3.12. The van der Waals surface area contributed by atoms with Crippen LogP contribution in [0.1, 0.15) is 25.8 Å². The topological polar surface area (TPSA) is 58.1 Å². The lowest BCUT2D eigenvalue weighted by atomic mass is 10.1. The van der Waals surface area contributed by atoms with Crippen LogP contribution in [0.25, 0.3) is 0 Å². The maximum atomic E-state index is 11.8. The van der Waals surface area contributed by atoms with Gasteiger partial charge in [-0.1, -0.05) is 24.9 Å². The van der Waals surface area contributed by atoms with Gasteiger partial charge in [-0.05, 0) is 13.3 Å². The van der Waals surface area contributed by atoms with Crippen molar-refractivity contribution in [3.05, 3.63) is 17.0 Å². The molecule has 0 saturated carbocycles. The third-order valence-corrected chi connectivity index (χ3v) is 2.88. The first kappa shape index (κ1) is 14.7. The van der Waals surface area contributed by atoms with Crippen molar-refractivity contribution in [2.45, 2.75) is 32.7 Å². The quantitative estimate of drug-likeness (QED) is 0.831. The van der Waals surface area contributed by atoms with Crippen molar-refractivity contribution < 1.29 is 4.79 Å². The van der Waals surface area contributed by atoms with Crippen LogP contribution in [0.3, 0.4) is 0 Å². The first-order valence-electron chi connectivity index (χ1n) is 5.94. The number of aromatic nitrogens is 2. The fraction of sp³-hybridized carbons (Fsp3) is 0.583. The number of anilines is 1. The van der Waals surface area contributed by atoms with E-state index in [2.05, 4.69) is 22.2 Å². The minimum absolute atomic E-state index is 0.00724. The molecule has 1 aromatic heterocycles. The van der Waals surface area contributed by atoms with Gasteiger partial charge in [0.2, 0.25) is 5.91 Å². The minimum atomic E-state index is -0.346. The van der Waals surface area contributed by atoms with E-state index < -0.39 is 0 Å². The highest BCUT2D eigenvalue weighted by atomic mass is 35.5. The summed E-state index contributed by atoms with van der Waals surface area (Å²) in [6, 6.07) is -0.346. The molecule has 100 valence electrons. The van der Waals surface area contributed by atoms with E-state index in [1.165, 1.54) is 6.33 Å². The van der Waals surface area contributed by atoms with Crippen molar-refractivity contribution in [2.24, 2.45) is 0 Å². The first-order chi connectivity index (χ1) is 8.47. The van der Waals surface area contributed by atoms with Gasteiger partial charge in [0.05, 0.1) is 0 Å². The Balaban J connectivity index is 2.90. The number of halogens is 1. The SMILES string of the molecule is CCCc1c(Cl)ncnc1NC(C)C(=O)N(C)C. The number of nitrogens with one attached hydrogen (secondary N) is 1. The Morgan fingerprint density at radius 2 is 2.17 bits per heavy atom. The summed E-state index contributed by atoms with van der Waals surface area (Å²) in [6.45, 7) is 3.86. The lowest BCUT2D eigenvalue weighted by Crippen LogP contribution is -2.37. The summed E-state index contributed by atoms with van der Waals surface area (Å²) < 4.78 is 0. The molecular formula is C12H19ClN4O. The molecule has 1 amide bonds. The van der Waals surface area contributed by atoms with E-state index in [9.17, 15) is 4.79 Å². The molecule has 6 heteroatoms. The maximum absolute atomic E-state index is 11.8. The molecule has 0 saturated heterocycles. The molecule has 0 aliphatic carbocycles. The molecule has 0 bridgehead atoms. The van der Waals surface area contributed by atoms with Gasteiger partial charge in [0.1, 0.15) is 23.3 Å². The molecule has 0 aromatic carbocycles. The van der Waals surface area contributed by atoms with Crippen LogP contribution in [-0.4, -0.2) is 40.9 Å². The van der Waals surface area contributed by atoms with Crippen molar-refractivity contribution in [3.63, 3.8) is 0 Å². The molecule has 18 heavy (non-hydrogen) atoms. The predicted molar refractivity (Wildman–Crippen MR) is 72.8 cm³/mol. The average Bonchev–Trinajstić information content (AvgIpc) is 2.32. The van der Waals surface area contributed by atoms with Gasteiger partial charge >= 0.3 is 0 Å². The summed E-state index contributed by atoms with van der Waals surface area (Å²) in [5, 5.41) is 3.53. The van der Waals surface area contributed by atoms with Crippen LogP contribution < -0.4 is 5.32 Å². The number of likely N-dealkylation sites (N-methyl/N-ethyl adjacent to an activating group) is 1. The Bertz CT molecular complexity index is 423. The zero-order valence-corrected chi connectivity index (χ0v) is 12.0. The van der Waals surface area contributed by atoms with E-state index in [0.29, 0.717) is 11.0 Å². The van der Waals surface area contributed by atoms with Crippen molar-refractivity contribution in [2.75, 3.05) is 19.4 Å².